The predicted molar refractivity (Wildman–Crippen MR) is 88.8 cm³/mol. The summed E-state index contributed by atoms with van der Waals surface area (Å²) in [6.07, 6.45) is 0. The summed E-state index contributed by atoms with van der Waals surface area (Å²) in [5, 5.41) is 3.22. The molecule has 20 heavy (non-hydrogen) atoms. The van der Waals surface area contributed by atoms with Crippen molar-refractivity contribution in [1.29, 1.82) is 0 Å². The van der Waals surface area contributed by atoms with E-state index in [1.54, 1.807) is 7.11 Å². The van der Waals surface area contributed by atoms with Crippen LogP contribution in [-0.4, -0.2) is 17.1 Å². The average Bonchev–Trinajstić information content (AvgIpc) is 2.38. The van der Waals surface area contributed by atoms with Gasteiger partial charge in [-0.2, -0.15) is 0 Å². The maximum atomic E-state index is 5.67. The lowest BCUT2D eigenvalue weighted by atomic mass is 10.2. The molecule has 0 atom stereocenters. The molecule has 0 bridgehead atoms. The molecule has 3 N–H and O–H groups in total. The van der Waals surface area contributed by atoms with E-state index < -0.39 is 0 Å². The van der Waals surface area contributed by atoms with Gasteiger partial charge in [-0.25, -0.2) is 4.98 Å². The molecule has 0 saturated carbocycles. The van der Waals surface area contributed by atoms with Gasteiger partial charge in [0.05, 0.1) is 12.8 Å². The lowest BCUT2D eigenvalue weighted by Crippen LogP contribution is -2.11. The van der Waals surface area contributed by atoms with Gasteiger partial charge in [0.25, 0.3) is 0 Å². The third-order valence-corrected chi connectivity index (χ3v) is 3.39. The molecule has 1 heterocycles. The minimum Gasteiger partial charge on any atom is -0.495 e. The fourth-order valence-electron chi connectivity index (χ4n) is 1.79. The molecule has 0 radical (unpaired) electrons. The van der Waals surface area contributed by atoms with Crippen LogP contribution in [0.4, 0.5) is 11.5 Å². The molecule has 4 nitrogen and oxygen atoms in total. The fourth-order valence-corrected chi connectivity index (χ4v) is 2.27. The summed E-state index contributed by atoms with van der Waals surface area (Å²) in [6, 6.07) is 9.37. The maximum Gasteiger partial charge on any atom is 0.142 e. The highest BCUT2D eigenvalue weighted by Crippen LogP contribution is 2.30. The van der Waals surface area contributed by atoms with Crippen LogP contribution >= 0.6 is 28.1 Å². The van der Waals surface area contributed by atoms with E-state index in [2.05, 4.69) is 26.2 Å². The quantitative estimate of drug-likeness (QED) is 0.825. The highest BCUT2D eigenvalue weighted by Gasteiger charge is 2.07. The van der Waals surface area contributed by atoms with Gasteiger partial charge in [0.1, 0.15) is 16.6 Å². The Morgan fingerprint density at radius 3 is 2.75 bits per heavy atom. The van der Waals surface area contributed by atoms with E-state index in [-0.39, 0.29) is 0 Å². The van der Waals surface area contributed by atoms with Gasteiger partial charge in [-0.15, -0.1) is 0 Å². The molecule has 0 unspecified atom stereocenters. The maximum absolute atomic E-state index is 5.67. The van der Waals surface area contributed by atoms with Gasteiger partial charge < -0.3 is 15.8 Å². The number of pyridine rings is 1. The Balaban J connectivity index is 2.39. The summed E-state index contributed by atoms with van der Waals surface area (Å²) in [4.78, 5) is 4.77. The van der Waals surface area contributed by atoms with Crippen molar-refractivity contribution < 1.29 is 4.74 Å². The van der Waals surface area contributed by atoms with Crippen molar-refractivity contribution in [2.75, 3.05) is 12.4 Å². The van der Waals surface area contributed by atoms with E-state index >= 15 is 0 Å². The molecule has 1 aromatic heterocycles. The fraction of sp³-hybridized carbons (Fsp3) is 0.143. The Hall–Kier alpha value is -1.66. The third kappa shape index (κ3) is 3.46. The van der Waals surface area contributed by atoms with Crippen LogP contribution in [0.15, 0.2) is 34.8 Å². The second kappa shape index (κ2) is 6.19. The van der Waals surface area contributed by atoms with Crippen LogP contribution in [0.2, 0.25) is 0 Å². The topological polar surface area (TPSA) is 60.2 Å². The first-order valence-electron chi connectivity index (χ1n) is 5.88. The normalized spacial score (nSPS) is 10.2. The molecule has 6 heteroatoms. The SMILES string of the molecule is COc1ccc(Br)cc1Nc1cc(C(N)=S)cc(C)n1. The number of nitrogens with one attached hydrogen (secondary N) is 1. The number of anilines is 2. The Kier molecular flexibility index (Phi) is 4.57. The summed E-state index contributed by atoms with van der Waals surface area (Å²) in [6.45, 7) is 1.89. The zero-order valence-electron chi connectivity index (χ0n) is 11.1. The molecule has 2 rings (SSSR count). The Morgan fingerprint density at radius 1 is 1.35 bits per heavy atom. The number of hydrogen-bond donors (Lipinski definition) is 2. The molecule has 0 amide bonds. The number of rotatable bonds is 4. The number of methoxy groups -OCH3 is 1. The van der Waals surface area contributed by atoms with Crippen LogP contribution in [-0.2, 0) is 0 Å². The average molecular weight is 352 g/mol. The minimum atomic E-state index is 0.347. The summed E-state index contributed by atoms with van der Waals surface area (Å²) >= 11 is 8.44. The number of nitrogens with zero attached hydrogens (tertiary/aromatic N) is 1. The van der Waals surface area contributed by atoms with Gasteiger partial charge in [-0.1, -0.05) is 28.1 Å². The van der Waals surface area contributed by atoms with Crippen molar-refractivity contribution in [2.45, 2.75) is 6.92 Å². The van der Waals surface area contributed by atoms with E-state index in [1.807, 2.05) is 37.3 Å². The van der Waals surface area contributed by atoms with Crippen molar-refractivity contribution in [3.63, 3.8) is 0 Å². The van der Waals surface area contributed by atoms with E-state index in [4.69, 9.17) is 22.7 Å². The van der Waals surface area contributed by atoms with Crippen LogP contribution in [0, 0.1) is 6.92 Å². The summed E-state index contributed by atoms with van der Waals surface area (Å²) in [7, 11) is 1.62. The lowest BCUT2D eigenvalue weighted by molar-refractivity contribution is 0.416. The van der Waals surface area contributed by atoms with Crippen LogP contribution in [0.1, 0.15) is 11.3 Å². The molecule has 104 valence electrons. The zero-order chi connectivity index (χ0) is 14.7. The largest absolute Gasteiger partial charge is 0.495 e. The van der Waals surface area contributed by atoms with E-state index in [0.29, 0.717) is 10.8 Å². The number of nitrogens with two attached hydrogens (primary N) is 1. The molecule has 0 aliphatic rings. The molecule has 0 spiro atoms. The van der Waals surface area contributed by atoms with Crippen molar-refractivity contribution in [1.82, 2.24) is 4.98 Å². The summed E-state index contributed by atoms with van der Waals surface area (Å²) in [5.41, 5.74) is 8.10. The van der Waals surface area contributed by atoms with E-state index in [0.717, 1.165) is 27.2 Å². The van der Waals surface area contributed by atoms with Crippen LogP contribution in [0.25, 0.3) is 0 Å². The van der Waals surface area contributed by atoms with E-state index in [1.165, 1.54) is 0 Å². The zero-order valence-corrected chi connectivity index (χ0v) is 13.5. The number of hydrogen-bond acceptors (Lipinski definition) is 4. The Bertz CT molecular complexity index is 661. The smallest absolute Gasteiger partial charge is 0.142 e. The number of thiocarbonyl (C=S) groups is 1. The second-order valence-corrected chi connectivity index (χ2v) is 5.57. The van der Waals surface area contributed by atoms with Crippen molar-refractivity contribution in [3.05, 3.63) is 46.1 Å². The van der Waals surface area contributed by atoms with Crippen LogP contribution in [0.5, 0.6) is 5.75 Å². The molecule has 0 fully saturated rings. The molecule has 2 aromatic rings. The van der Waals surface area contributed by atoms with Crippen molar-refractivity contribution in [3.8, 4) is 5.75 Å². The van der Waals surface area contributed by atoms with Crippen LogP contribution in [0.3, 0.4) is 0 Å². The minimum absolute atomic E-state index is 0.347. The highest BCUT2D eigenvalue weighted by atomic mass is 79.9. The molecular weight excluding hydrogens is 338 g/mol. The van der Waals surface area contributed by atoms with Gasteiger partial charge in [-0.3, -0.25) is 0 Å². The Morgan fingerprint density at radius 2 is 2.10 bits per heavy atom. The molecular formula is C14H14BrN3OS. The first-order valence-corrected chi connectivity index (χ1v) is 7.09. The van der Waals surface area contributed by atoms with Crippen LogP contribution < -0.4 is 15.8 Å². The standard InChI is InChI=1S/C14H14BrN3OS/c1-8-5-9(14(16)20)6-13(17-8)18-11-7-10(15)3-4-12(11)19-2/h3-7H,1-2H3,(H2,16,20)(H,17,18). The Labute approximate surface area is 131 Å². The summed E-state index contributed by atoms with van der Waals surface area (Å²) in [5.74, 6) is 1.40. The van der Waals surface area contributed by atoms with Gasteiger partial charge in [0, 0.05) is 15.7 Å². The van der Waals surface area contributed by atoms with Gasteiger partial charge in [0.2, 0.25) is 0 Å². The molecule has 1 aromatic carbocycles. The lowest BCUT2D eigenvalue weighted by Gasteiger charge is -2.12. The second-order valence-electron chi connectivity index (χ2n) is 4.22. The van der Waals surface area contributed by atoms with E-state index in [9.17, 15) is 0 Å². The first kappa shape index (κ1) is 14.7. The predicted octanol–water partition coefficient (Wildman–Crippen LogP) is 3.54. The monoisotopic (exact) mass is 351 g/mol. The van der Waals surface area contributed by atoms with Crippen molar-refractivity contribution >= 4 is 44.6 Å². The van der Waals surface area contributed by atoms with Gasteiger partial charge in [-0.05, 0) is 37.3 Å². The van der Waals surface area contributed by atoms with Gasteiger partial charge in [0.15, 0.2) is 0 Å². The number of aromatic nitrogens is 1. The first-order chi connectivity index (χ1) is 9.49. The molecule has 0 aliphatic carbocycles. The number of halogens is 1. The van der Waals surface area contributed by atoms with Gasteiger partial charge >= 0.3 is 0 Å². The van der Waals surface area contributed by atoms with Crippen molar-refractivity contribution in [2.24, 2.45) is 5.73 Å². The number of ether oxygens (including phenoxy) is 1. The summed E-state index contributed by atoms with van der Waals surface area (Å²) < 4.78 is 6.27. The molecule has 0 aliphatic heterocycles. The number of aryl methyl sites for hydroxylation is 1. The molecule has 0 saturated heterocycles. The highest BCUT2D eigenvalue weighted by molar-refractivity contribution is 9.10. The number of benzene rings is 1. The third-order valence-electron chi connectivity index (χ3n) is 2.66.